The number of rotatable bonds is 3. The highest BCUT2D eigenvalue weighted by Gasteiger charge is 2.22. The third-order valence-corrected chi connectivity index (χ3v) is 3.88. The van der Waals surface area contributed by atoms with Crippen molar-refractivity contribution in [3.63, 3.8) is 0 Å². The summed E-state index contributed by atoms with van der Waals surface area (Å²) in [5.41, 5.74) is 6.16. The number of nitrogens with two attached hydrogens (primary N) is 1. The first kappa shape index (κ1) is 15.0. The Morgan fingerprint density at radius 2 is 1.95 bits per heavy atom. The van der Waals surface area contributed by atoms with Crippen molar-refractivity contribution >= 4 is 23.2 Å². The summed E-state index contributed by atoms with van der Waals surface area (Å²) in [6.45, 7) is 3.43. The lowest BCUT2D eigenvalue weighted by molar-refractivity contribution is -0.137. The van der Waals surface area contributed by atoms with E-state index < -0.39 is 6.10 Å². The Morgan fingerprint density at radius 1 is 1.30 bits per heavy atom. The molecule has 2 rings (SSSR count). The van der Waals surface area contributed by atoms with E-state index in [1.165, 1.54) is 12.8 Å². The molecule has 4 nitrogen and oxygen atoms in total. The second kappa shape index (κ2) is 6.84. The number of halogens is 1. The number of likely N-dealkylation sites (tertiary alicyclic amines) is 1. The van der Waals surface area contributed by atoms with E-state index in [0.29, 0.717) is 16.5 Å². The van der Waals surface area contributed by atoms with Gasteiger partial charge in [0.2, 0.25) is 0 Å². The molecule has 0 radical (unpaired) electrons. The number of hydrogen-bond donors (Lipinski definition) is 1. The highest BCUT2D eigenvalue weighted by molar-refractivity contribution is 6.33. The number of carbonyl (C=O) groups excluding carboxylic acids is 1. The van der Waals surface area contributed by atoms with E-state index in [1.54, 1.807) is 25.1 Å². The van der Waals surface area contributed by atoms with Crippen molar-refractivity contribution in [1.29, 1.82) is 0 Å². The zero-order valence-electron chi connectivity index (χ0n) is 11.8. The molecule has 0 aromatic heterocycles. The predicted octanol–water partition coefficient (Wildman–Crippen LogP) is 3.09. The molecule has 20 heavy (non-hydrogen) atoms. The quantitative estimate of drug-likeness (QED) is 0.872. The summed E-state index contributed by atoms with van der Waals surface area (Å²) >= 11 is 5.95. The van der Waals surface area contributed by atoms with Gasteiger partial charge in [0.25, 0.3) is 5.91 Å². The third kappa shape index (κ3) is 3.79. The predicted molar refractivity (Wildman–Crippen MR) is 81.0 cm³/mol. The Kier molecular flexibility index (Phi) is 5.12. The van der Waals surface area contributed by atoms with Crippen LogP contribution in [-0.2, 0) is 4.79 Å². The fourth-order valence-electron chi connectivity index (χ4n) is 2.38. The maximum Gasteiger partial charge on any atom is 0.263 e. The van der Waals surface area contributed by atoms with Crippen LogP contribution in [0.4, 0.5) is 5.69 Å². The highest BCUT2D eigenvalue weighted by atomic mass is 35.5. The molecule has 1 fully saturated rings. The fraction of sp³-hybridized carbons (Fsp3) is 0.533. The van der Waals surface area contributed by atoms with Crippen LogP contribution in [0.3, 0.4) is 0 Å². The average Bonchev–Trinajstić information content (AvgIpc) is 2.71. The summed E-state index contributed by atoms with van der Waals surface area (Å²) < 4.78 is 5.67. The molecule has 1 saturated heterocycles. The van der Waals surface area contributed by atoms with Gasteiger partial charge in [0.1, 0.15) is 5.75 Å². The first-order valence-corrected chi connectivity index (χ1v) is 7.46. The van der Waals surface area contributed by atoms with Gasteiger partial charge in [0.15, 0.2) is 6.10 Å². The zero-order chi connectivity index (χ0) is 14.5. The van der Waals surface area contributed by atoms with Crippen molar-refractivity contribution in [3.05, 3.63) is 23.2 Å². The number of anilines is 1. The number of ether oxygens (including phenoxy) is 1. The molecule has 0 saturated carbocycles. The van der Waals surface area contributed by atoms with Gasteiger partial charge in [-0.3, -0.25) is 4.79 Å². The van der Waals surface area contributed by atoms with Gasteiger partial charge in [-0.05, 0) is 31.9 Å². The van der Waals surface area contributed by atoms with Crippen LogP contribution in [0, 0.1) is 0 Å². The summed E-state index contributed by atoms with van der Waals surface area (Å²) in [6.07, 6.45) is 4.05. The number of nitrogen functional groups attached to an aromatic ring is 1. The lowest BCUT2D eigenvalue weighted by Crippen LogP contribution is -2.40. The summed E-state index contributed by atoms with van der Waals surface area (Å²) in [5, 5.41) is 0.442. The number of benzene rings is 1. The van der Waals surface area contributed by atoms with Crippen molar-refractivity contribution in [1.82, 2.24) is 4.90 Å². The number of carbonyl (C=O) groups is 1. The molecule has 1 unspecified atom stereocenters. The first-order chi connectivity index (χ1) is 9.58. The molecule has 1 amide bonds. The minimum absolute atomic E-state index is 0.0415. The number of nitrogens with zero attached hydrogens (tertiary/aromatic N) is 1. The Hall–Kier alpha value is -1.42. The topological polar surface area (TPSA) is 55.6 Å². The van der Waals surface area contributed by atoms with Gasteiger partial charge < -0.3 is 15.4 Å². The molecule has 0 bridgehead atoms. The summed E-state index contributed by atoms with van der Waals surface area (Å²) in [6, 6.07) is 5.05. The van der Waals surface area contributed by atoms with E-state index in [-0.39, 0.29) is 5.91 Å². The monoisotopic (exact) mass is 296 g/mol. The van der Waals surface area contributed by atoms with Gasteiger partial charge in [-0.25, -0.2) is 0 Å². The average molecular weight is 297 g/mol. The standard InChI is InChI=1S/C15H21ClN2O2/c1-11(15(19)18-8-4-2-3-5-9-18)20-12-6-7-14(17)13(16)10-12/h6-7,10-11H,2-5,8-9,17H2,1H3. The molecule has 1 aromatic rings. The normalized spacial score (nSPS) is 17.4. The van der Waals surface area contributed by atoms with Gasteiger partial charge in [0.05, 0.1) is 10.7 Å². The largest absolute Gasteiger partial charge is 0.481 e. The molecule has 2 N–H and O–H groups in total. The lowest BCUT2D eigenvalue weighted by Gasteiger charge is -2.24. The molecular formula is C15H21ClN2O2. The van der Waals surface area contributed by atoms with E-state index in [2.05, 4.69) is 0 Å². The van der Waals surface area contributed by atoms with Crippen molar-refractivity contribution < 1.29 is 9.53 Å². The smallest absolute Gasteiger partial charge is 0.263 e. The Labute approximate surface area is 124 Å². The maximum absolute atomic E-state index is 12.4. The van der Waals surface area contributed by atoms with Crippen molar-refractivity contribution in [2.45, 2.75) is 38.7 Å². The molecule has 1 aliphatic rings. The van der Waals surface area contributed by atoms with Crippen LogP contribution in [0.15, 0.2) is 18.2 Å². The van der Waals surface area contributed by atoms with Crippen LogP contribution in [0.1, 0.15) is 32.6 Å². The van der Waals surface area contributed by atoms with Gasteiger partial charge in [-0.2, -0.15) is 0 Å². The van der Waals surface area contributed by atoms with Crippen LogP contribution < -0.4 is 10.5 Å². The second-order valence-electron chi connectivity index (χ2n) is 5.18. The highest BCUT2D eigenvalue weighted by Crippen LogP contribution is 2.25. The Morgan fingerprint density at radius 3 is 2.55 bits per heavy atom. The molecule has 0 aliphatic carbocycles. The molecule has 110 valence electrons. The SMILES string of the molecule is CC(Oc1ccc(N)c(Cl)c1)C(=O)N1CCCCCC1. The van der Waals surface area contributed by atoms with Crippen molar-refractivity contribution in [3.8, 4) is 5.75 Å². The van der Waals surface area contributed by atoms with E-state index >= 15 is 0 Å². The van der Waals surface area contributed by atoms with Crippen molar-refractivity contribution in [2.24, 2.45) is 0 Å². The van der Waals surface area contributed by atoms with Gasteiger partial charge in [0, 0.05) is 19.2 Å². The van der Waals surface area contributed by atoms with Crippen LogP contribution >= 0.6 is 11.6 Å². The Bertz CT molecular complexity index is 471. The van der Waals surface area contributed by atoms with E-state index in [1.807, 2.05) is 4.90 Å². The molecular weight excluding hydrogens is 276 g/mol. The molecule has 1 atom stereocenters. The van der Waals surface area contributed by atoms with Crippen LogP contribution in [-0.4, -0.2) is 30.0 Å². The first-order valence-electron chi connectivity index (χ1n) is 7.08. The Balaban J connectivity index is 1.97. The van der Waals surface area contributed by atoms with E-state index in [4.69, 9.17) is 22.1 Å². The van der Waals surface area contributed by atoms with Crippen LogP contribution in [0.2, 0.25) is 5.02 Å². The summed E-state index contributed by atoms with van der Waals surface area (Å²) in [7, 11) is 0. The molecule has 5 heteroatoms. The van der Waals surface area contributed by atoms with Gasteiger partial charge >= 0.3 is 0 Å². The molecule has 0 spiro atoms. The summed E-state index contributed by atoms with van der Waals surface area (Å²) in [4.78, 5) is 14.2. The molecule has 1 aromatic carbocycles. The fourth-order valence-corrected chi connectivity index (χ4v) is 2.55. The minimum Gasteiger partial charge on any atom is -0.481 e. The van der Waals surface area contributed by atoms with Crippen LogP contribution in [0.25, 0.3) is 0 Å². The third-order valence-electron chi connectivity index (χ3n) is 3.55. The van der Waals surface area contributed by atoms with E-state index in [9.17, 15) is 4.79 Å². The number of hydrogen-bond acceptors (Lipinski definition) is 3. The second-order valence-corrected chi connectivity index (χ2v) is 5.59. The van der Waals surface area contributed by atoms with E-state index in [0.717, 1.165) is 25.9 Å². The van der Waals surface area contributed by atoms with Gasteiger partial charge in [-0.1, -0.05) is 24.4 Å². The number of amides is 1. The lowest BCUT2D eigenvalue weighted by atomic mass is 10.2. The summed E-state index contributed by atoms with van der Waals surface area (Å²) in [5.74, 6) is 0.611. The zero-order valence-corrected chi connectivity index (χ0v) is 12.5. The minimum atomic E-state index is -0.507. The molecule has 1 aliphatic heterocycles. The van der Waals surface area contributed by atoms with Crippen LogP contribution in [0.5, 0.6) is 5.75 Å². The van der Waals surface area contributed by atoms with Crippen molar-refractivity contribution in [2.75, 3.05) is 18.8 Å². The molecule has 1 heterocycles. The van der Waals surface area contributed by atoms with Gasteiger partial charge in [-0.15, -0.1) is 0 Å². The maximum atomic E-state index is 12.4.